The average Bonchev–Trinajstić information content (AvgIpc) is 2.53. The van der Waals surface area contributed by atoms with E-state index in [1.165, 1.54) is 24.3 Å². The van der Waals surface area contributed by atoms with Gasteiger partial charge in [-0.3, -0.25) is 9.52 Å². The van der Waals surface area contributed by atoms with Crippen molar-refractivity contribution >= 4 is 38.9 Å². The Morgan fingerprint density at radius 1 is 1.12 bits per heavy atom. The summed E-state index contributed by atoms with van der Waals surface area (Å²) in [5, 5.41) is 3.15. The summed E-state index contributed by atoms with van der Waals surface area (Å²) >= 11 is 6.18. The molecule has 0 heterocycles. The highest BCUT2D eigenvalue weighted by atomic mass is 35.5. The molecule has 6 nitrogen and oxygen atoms in total. The molecule has 1 amide bonds. The number of ether oxygens (including phenoxy) is 1. The molecule has 2 N–H and O–H groups in total. The van der Waals surface area contributed by atoms with E-state index in [9.17, 15) is 13.2 Å². The van der Waals surface area contributed by atoms with Crippen molar-refractivity contribution in [2.45, 2.75) is 13.8 Å². The lowest BCUT2D eigenvalue weighted by atomic mass is 10.2. The first-order valence-electron chi connectivity index (χ1n) is 7.95. The fraction of sp³-hybridized carbons (Fsp3) is 0.278. The van der Waals surface area contributed by atoms with Crippen molar-refractivity contribution in [1.29, 1.82) is 0 Å². The van der Waals surface area contributed by atoms with E-state index in [0.717, 1.165) is 6.26 Å². The third-order valence-corrected chi connectivity index (χ3v) is 4.11. The van der Waals surface area contributed by atoms with E-state index in [-0.39, 0.29) is 5.91 Å². The zero-order valence-electron chi connectivity index (χ0n) is 14.7. The number of amides is 1. The molecule has 0 bridgehead atoms. The molecule has 0 aliphatic heterocycles. The summed E-state index contributed by atoms with van der Waals surface area (Å²) in [6.45, 7) is 4.64. The second-order valence-corrected chi connectivity index (χ2v) is 8.41. The van der Waals surface area contributed by atoms with Crippen LogP contribution in [0.2, 0.25) is 5.02 Å². The Hall–Kier alpha value is -2.25. The van der Waals surface area contributed by atoms with Gasteiger partial charge in [-0.2, -0.15) is 0 Å². The molecule has 2 rings (SSSR count). The van der Waals surface area contributed by atoms with Crippen LogP contribution >= 0.6 is 11.6 Å². The minimum atomic E-state index is -3.36. The Morgan fingerprint density at radius 3 is 2.27 bits per heavy atom. The van der Waals surface area contributed by atoms with Crippen molar-refractivity contribution < 1.29 is 17.9 Å². The van der Waals surface area contributed by atoms with E-state index in [2.05, 4.69) is 10.0 Å². The van der Waals surface area contributed by atoms with Crippen molar-refractivity contribution in [1.82, 2.24) is 0 Å². The monoisotopic (exact) mass is 396 g/mol. The normalized spacial score (nSPS) is 11.3. The molecule has 0 aromatic heterocycles. The van der Waals surface area contributed by atoms with Gasteiger partial charge in [0, 0.05) is 16.9 Å². The lowest BCUT2D eigenvalue weighted by molar-refractivity contribution is 0.102. The van der Waals surface area contributed by atoms with Gasteiger partial charge in [-0.25, -0.2) is 8.42 Å². The van der Waals surface area contributed by atoms with Crippen LogP contribution in [-0.2, 0) is 10.0 Å². The molecule has 8 heteroatoms. The molecule has 0 atom stereocenters. The van der Waals surface area contributed by atoms with Crippen molar-refractivity contribution in [2.75, 3.05) is 22.9 Å². The van der Waals surface area contributed by atoms with Gasteiger partial charge in [0.25, 0.3) is 5.91 Å². The van der Waals surface area contributed by atoms with E-state index in [1.54, 1.807) is 18.2 Å². The number of carbonyl (C=O) groups is 1. The molecule has 0 aliphatic carbocycles. The largest absolute Gasteiger partial charge is 0.492 e. The van der Waals surface area contributed by atoms with Gasteiger partial charge in [0.1, 0.15) is 5.75 Å². The lowest BCUT2D eigenvalue weighted by Gasteiger charge is -2.12. The highest BCUT2D eigenvalue weighted by Gasteiger charge is 2.10. The number of benzene rings is 2. The Kier molecular flexibility index (Phi) is 6.50. The first-order chi connectivity index (χ1) is 12.1. The topological polar surface area (TPSA) is 84.5 Å². The number of hydrogen-bond donors (Lipinski definition) is 2. The number of nitrogens with one attached hydrogen (secondary N) is 2. The van der Waals surface area contributed by atoms with Gasteiger partial charge < -0.3 is 10.1 Å². The molecule has 26 heavy (non-hydrogen) atoms. The first kappa shape index (κ1) is 20.1. The predicted molar refractivity (Wildman–Crippen MR) is 105 cm³/mol. The second kappa shape index (κ2) is 8.42. The minimum absolute atomic E-state index is 0.331. The summed E-state index contributed by atoms with van der Waals surface area (Å²) in [6.07, 6.45) is 1.06. The van der Waals surface area contributed by atoms with E-state index in [0.29, 0.717) is 40.2 Å². The fourth-order valence-corrected chi connectivity index (χ4v) is 2.86. The van der Waals surface area contributed by atoms with Crippen molar-refractivity contribution in [3.63, 3.8) is 0 Å². The molecular weight excluding hydrogens is 376 g/mol. The fourth-order valence-electron chi connectivity index (χ4n) is 2.06. The molecule has 0 unspecified atom stereocenters. The molecule has 0 radical (unpaired) electrons. The van der Waals surface area contributed by atoms with E-state index in [1.807, 2.05) is 13.8 Å². The zero-order chi connectivity index (χ0) is 19.3. The number of anilines is 2. The van der Waals surface area contributed by atoms with Crippen LogP contribution in [0.25, 0.3) is 0 Å². The van der Waals surface area contributed by atoms with Gasteiger partial charge in [-0.05, 0) is 48.4 Å². The van der Waals surface area contributed by atoms with E-state index in [4.69, 9.17) is 16.3 Å². The Morgan fingerprint density at radius 2 is 1.73 bits per heavy atom. The number of halogens is 1. The third kappa shape index (κ3) is 6.24. The number of hydrogen-bond acceptors (Lipinski definition) is 4. The molecule has 0 fully saturated rings. The first-order valence-corrected chi connectivity index (χ1v) is 10.2. The van der Waals surface area contributed by atoms with Crippen LogP contribution in [0.4, 0.5) is 11.4 Å². The highest BCUT2D eigenvalue weighted by Crippen LogP contribution is 2.28. The number of carbonyl (C=O) groups excluding carboxylic acids is 1. The molecule has 0 saturated carbocycles. The summed E-state index contributed by atoms with van der Waals surface area (Å²) in [5.74, 6) is 0.614. The van der Waals surface area contributed by atoms with Crippen molar-refractivity contribution in [3.8, 4) is 5.75 Å². The van der Waals surface area contributed by atoms with Crippen LogP contribution in [-0.4, -0.2) is 27.2 Å². The maximum Gasteiger partial charge on any atom is 0.255 e. The van der Waals surface area contributed by atoms with Gasteiger partial charge >= 0.3 is 0 Å². The molecular formula is C18H21ClN2O4S. The molecule has 0 spiro atoms. The van der Waals surface area contributed by atoms with Crippen LogP contribution in [0.5, 0.6) is 5.75 Å². The smallest absolute Gasteiger partial charge is 0.255 e. The Balaban J connectivity index is 2.04. The van der Waals surface area contributed by atoms with Gasteiger partial charge in [-0.1, -0.05) is 25.4 Å². The van der Waals surface area contributed by atoms with Crippen LogP contribution in [0.1, 0.15) is 24.2 Å². The van der Waals surface area contributed by atoms with E-state index >= 15 is 0 Å². The van der Waals surface area contributed by atoms with Crippen LogP contribution in [0, 0.1) is 5.92 Å². The van der Waals surface area contributed by atoms with Crippen molar-refractivity contribution in [3.05, 3.63) is 53.1 Å². The quantitative estimate of drug-likeness (QED) is 0.740. The molecule has 2 aromatic carbocycles. The van der Waals surface area contributed by atoms with Crippen molar-refractivity contribution in [2.24, 2.45) is 5.92 Å². The van der Waals surface area contributed by atoms with Gasteiger partial charge in [0.15, 0.2) is 0 Å². The maximum atomic E-state index is 12.3. The zero-order valence-corrected chi connectivity index (χ0v) is 16.3. The van der Waals surface area contributed by atoms with Crippen LogP contribution in [0.3, 0.4) is 0 Å². The second-order valence-electron chi connectivity index (χ2n) is 6.26. The molecule has 0 saturated heterocycles. The highest BCUT2D eigenvalue weighted by molar-refractivity contribution is 7.92. The number of sulfonamides is 1. The molecule has 2 aromatic rings. The Bertz CT molecular complexity index is 881. The standard InChI is InChI=1S/C18H21ClN2O4S/c1-12(2)11-25-17-9-8-15(10-16(17)19)20-18(22)13-4-6-14(7-5-13)21-26(3,23)24/h4-10,12,21H,11H2,1-3H3,(H,20,22). The van der Waals surface area contributed by atoms with Gasteiger partial charge in [0.2, 0.25) is 10.0 Å². The summed E-state index contributed by atoms with van der Waals surface area (Å²) in [4.78, 5) is 12.3. The summed E-state index contributed by atoms with van der Waals surface area (Å²) in [5.41, 5.74) is 1.31. The average molecular weight is 397 g/mol. The Labute approximate surface area is 158 Å². The van der Waals surface area contributed by atoms with Crippen LogP contribution in [0.15, 0.2) is 42.5 Å². The molecule has 140 valence electrons. The number of rotatable bonds is 7. The summed E-state index contributed by atoms with van der Waals surface area (Å²) < 4.78 is 30.3. The maximum absolute atomic E-state index is 12.3. The van der Waals surface area contributed by atoms with Gasteiger partial charge in [-0.15, -0.1) is 0 Å². The summed E-state index contributed by atoms with van der Waals surface area (Å²) in [6, 6.07) is 11.1. The molecule has 0 aliphatic rings. The van der Waals surface area contributed by atoms with Gasteiger partial charge in [0.05, 0.1) is 17.9 Å². The van der Waals surface area contributed by atoms with E-state index < -0.39 is 10.0 Å². The third-order valence-electron chi connectivity index (χ3n) is 3.21. The summed E-state index contributed by atoms with van der Waals surface area (Å²) in [7, 11) is -3.36. The predicted octanol–water partition coefficient (Wildman–Crippen LogP) is 4.00. The lowest BCUT2D eigenvalue weighted by Crippen LogP contribution is -2.13. The van der Waals surface area contributed by atoms with Crippen LogP contribution < -0.4 is 14.8 Å². The minimum Gasteiger partial charge on any atom is -0.492 e. The SMILES string of the molecule is CC(C)COc1ccc(NC(=O)c2ccc(NS(C)(=O)=O)cc2)cc1Cl.